The van der Waals surface area contributed by atoms with Crippen LogP contribution in [0.25, 0.3) is 0 Å². The molecule has 19 heavy (non-hydrogen) atoms. The summed E-state index contributed by atoms with van der Waals surface area (Å²) in [6.07, 6.45) is 0. The smallest absolute Gasteiger partial charge is 0.349 e. The van der Waals surface area contributed by atoms with Gasteiger partial charge in [0.25, 0.3) is 15.7 Å². The molecule has 0 aliphatic rings. The van der Waals surface area contributed by atoms with Crippen LogP contribution in [0.3, 0.4) is 0 Å². The molecule has 1 amide bonds. The van der Waals surface area contributed by atoms with Crippen LogP contribution in [0.1, 0.15) is 10.4 Å². The fourth-order valence-electron chi connectivity index (χ4n) is 1.15. The number of aliphatic hydroxyl groups excluding tert-OH is 1. The highest BCUT2D eigenvalue weighted by Crippen LogP contribution is 2.23. The van der Waals surface area contributed by atoms with E-state index in [-0.39, 0.29) is 0 Å². The molecule has 0 saturated carbocycles. The van der Waals surface area contributed by atoms with Gasteiger partial charge >= 0.3 is 5.67 Å². The Morgan fingerprint density at radius 2 is 2.05 bits per heavy atom. The van der Waals surface area contributed by atoms with E-state index in [1.165, 1.54) is 0 Å². The minimum Gasteiger partial charge on any atom is -0.392 e. The monoisotopic (exact) mass is 301 g/mol. The molecule has 0 spiro atoms. The third kappa shape index (κ3) is 3.49. The van der Waals surface area contributed by atoms with Crippen molar-refractivity contribution in [3.8, 4) is 0 Å². The van der Waals surface area contributed by atoms with Crippen molar-refractivity contribution < 1.29 is 36.4 Å². The van der Waals surface area contributed by atoms with Gasteiger partial charge in [0.15, 0.2) is 11.6 Å². The van der Waals surface area contributed by atoms with Crippen LogP contribution in [-0.4, -0.2) is 38.4 Å². The van der Waals surface area contributed by atoms with Gasteiger partial charge in [-0.1, -0.05) is 10.5 Å². The molecule has 1 N–H and O–H groups in total. The zero-order valence-corrected chi connectivity index (χ0v) is 10.7. The van der Waals surface area contributed by atoms with E-state index in [0.29, 0.717) is 12.1 Å². The molecule has 0 atom stereocenters. The summed E-state index contributed by atoms with van der Waals surface area (Å²) in [5.74, 6) is -5.22. The quantitative estimate of drug-likeness (QED) is 0.289. The normalized spacial score (nSPS) is 12.1. The lowest BCUT2D eigenvalue weighted by atomic mass is 10.2. The van der Waals surface area contributed by atoms with Gasteiger partial charge in [-0.2, -0.15) is 8.78 Å². The molecule has 0 radical (unpaired) electrons. The number of benzene rings is 1. The second kappa shape index (κ2) is 6.08. The summed E-state index contributed by atoms with van der Waals surface area (Å²) in [5.41, 5.74) is -5.46. The molecule has 0 aliphatic carbocycles. The van der Waals surface area contributed by atoms with Crippen LogP contribution in [0.2, 0.25) is 0 Å². The topological polar surface area (TPSA) is 49.8 Å². The summed E-state index contributed by atoms with van der Waals surface area (Å²) < 4.78 is 69.4. The molecule has 0 unspecified atom stereocenters. The van der Waals surface area contributed by atoms with Crippen LogP contribution in [0, 0.1) is 11.6 Å². The zero-order valence-electron chi connectivity index (χ0n) is 9.25. The Balaban J connectivity index is 2.96. The van der Waals surface area contributed by atoms with Crippen molar-refractivity contribution in [1.82, 2.24) is 5.12 Å². The number of nitrogens with zero attached hydrogens (tertiary/aromatic N) is 1. The lowest BCUT2D eigenvalue weighted by Crippen LogP contribution is -2.46. The number of aliphatic hydroxyl groups is 1. The van der Waals surface area contributed by atoms with Crippen LogP contribution in [0.4, 0.5) is 22.0 Å². The van der Waals surface area contributed by atoms with Gasteiger partial charge in [-0.25, -0.2) is 8.78 Å². The van der Waals surface area contributed by atoms with Crippen LogP contribution >= 0.6 is 0 Å². The van der Waals surface area contributed by atoms with Gasteiger partial charge in [0, 0.05) is 0 Å². The van der Waals surface area contributed by atoms with E-state index < -0.39 is 50.5 Å². The van der Waals surface area contributed by atoms with Gasteiger partial charge in [-0.15, -0.1) is 5.12 Å². The lowest BCUT2D eigenvalue weighted by Gasteiger charge is -2.22. The van der Waals surface area contributed by atoms with Crippen molar-refractivity contribution in [3.63, 3.8) is 0 Å². The summed E-state index contributed by atoms with van der Waals surface area (Å²) in [7, 11) is -2.95. The molecule has 0 aromatic heterocycles. The van der Waals surface area contributed by atoms with E-state index in [0.717, 1.165) is 6.07 Å². The molecular weight excluding hydrogens is 293 g/mol. The Morgan fingerprint density at radius 1 is 1.42 bits per heavy atom. The van der Waals surface area contributed by atoms with Crippen molar-refractivity contribution in [2.45, 2.75) is 5.67 Å². The Hall–Kier alpha value is -1.52. The van der Waals surface area contributed by atoms with Crippen LogP contribution in [0.5, 0.6) is 0 Å². The van der Waals surface area contributed by atoms with Crippen molar-refractivity contribution in [2.24, 2.45) is 0 Å². The number of rotatable bonds is 5. The zero-order chi connectivity index (χ0) is 14.6. The van der Waals surface area contributed by atoms with Gasteiger partial charge < -0.3 is 9.53 Å². The summed E-state index contributed by atoms with van der Waals surface area (Å²) in [5, 5.41) is 6.67. The molecule has 0 heterocycles. The molecule has 0 bridgehead atoms. The first-order valence-corrected chi connectivity index (χ1v) is 6.10. The van der Waals surface area contributed by atoms with E-state index >= 15 is 0 Å². The summed E-state index contributed by atoms with van der Waals surface area (Å²) in [6.45, 7) is -1.06. The second-order valence-electron chi connectivity index (χ2n) is 3.33. The molecule has 4 nitrogen and oxygen atoms in total. The first-order valence-electron chi connectivity index (χ1n) is 4.82. The van der Waals surface area contributed by atoms with Gasteiger partial charge in [0.05, 0.1) is 5.56 Å². The highest BCUT2D eigenvalue weighted by atomic mass is 28.2. The molecule has 0 fully saturated rings. The maximum Gasteiger partial charge on any atom is 0.349 e. The first-order chi connectivity index (χ1) is 8.81. The van der Waals surface area contributed by atoms with Crippen molar-refractivity contribution in [1.29, 1.82) is 0 Å². The molecule has 1 rings (SSSR count). The number of amides is 1. The average molecular weight is 301 g/mol. The number of carbonyl (C=O) groups is 1. The highest BCUT2D eigenvalue weighted by Gasteiger charge is 2.43. The van der Waals surface area contributed by atoms with Crippen LogP contribution in [0.15, 0.2) is 18.2 Å². The predicted octanol–water partition coefficient (Wildman–Crippen LogP) is 0.892. The lowest BCUT2D eigenvalue weighted by molar-refractivity contribution is -0.156. The Labute approximate surface area is 106 Å². The SMILES string of the molecule is O=C(c1cccc(F)c1F)N(F)C(F)(F)[SiH2]OCO. The Morgan fingerprint density at radius 3 is 2.63 bits per heavy atom. The number of hydrogen-bond acceptors (Lipinski definition) is 3. The molecule has 0 aliphatic heterocycles. The van der Waals surface area contributed by atoms with Gasteiger partial charge in [-0.05, 0) is 12.1 Å². The standard InChI is InChI=1S/C9H8F5NO3Si/c10-6-3-1-2-5(7(6)11)8(17)15(14)9(12,13)19-18-4-16/h1-3,16H,4,19H2. The van der Waals surface area contributed by atoms with Crippen LogP contribution in [-0.2, 0) is 4.43 Å². The fraction of sp³-hybridized carbons (Fsp3) is 0.222. The molecule has 1 aromatic carbocycles. The van der Waals surface area contributed by atoms with E-state index in [4.69, 9.17) is 5.11 Å². The molecular formula is C9H8F5NO3Si. The minimum absolute atomic E-state index is 0.649. The van der Waals surface area contributed by atoms with Gasteiger partial charge in [0.1, 0.15) is 6.79 Å². The van der Waals surface area contributed by atoms with Gasteiger partial charge in [0.2, 0.25) is 0 Å². The fourth-order valence-corrected chi connectivity index (χ4v) is 1.74. The largest absolute Gasteiger partial charge is 0.392 e. The highest BCUT2D eigenvalue weighted by molar-refractivity contribution is 6.31. The van der Waals surface area contributed by atoms with E-state index in [2.05, 4.69) is 4.43 Å². The van der Waals surface area contributed by atoms with E-state index in [1.54, 1.807) is 0 Å². The van der Waals surface area contributed by atoms with Crippen molar-refractivity contribution in [2.75, 3.05) is 6.79 Å². The minimum atomic E-state index is -4.29. The second-order valence-corrected chi connectivity index (χ2v) is 4.88. The molecule has 10 heteroatoms. The van der Waals surface area contributed by atoms with Crippen molar-refractivity contribution in [3.05, 3.63) is 35.4 Å². The van der Waals surface area contributed by atoms with Crippen LogP contribution < -0.4 is 0 Å². The molecule has 0 saturated heterocycles. The third-order valence-electron chi connectivity index (χ3n) is 2.01. The number of hydrogen-bond donors (Lipinski definition) is 1. The summed E-state index contributed by atoms with van der Waals surface area (Å²) >= 11 is 0. The maximum absolute atomic E-state index is 13.2. The van der Waals surface area contributed by atoms with E-state index in [1.807, 2.05) is 0 Å². The first kappa shape index (κ1) is 15.5. The summed E-state index contributed by atoms with van der Waals surface area (Å²) in [6, 6.07) is 2.19. The maximum atomic E-state index is 13.2. The third-order valence-corrected chi connectivity index (χ3v) is 3.03. The molecule has 106 valence electrons. The number of carbonyl (C=O) groups excluding carboxylic acids is 1. The predicted molar refractivity (Wildman–Crippen MR) is 55.3 cm³/mol. The molecule has 1 aromatic rings. The summed E-state index contributed by atoms with van der Waals surface area (Å²) in [4.78, 5) is 11.3. The number of alkyl halides is 2. The average Bonchev–Trinajstić information content (AvgIpc) is 2.38. The van der Waals surface area contributed by atoms with E-state index in [9.17, 15) is 26.8 Å². The van der Waals surface area contributed by atoms with Gasteiger partial charge in [-0.3, -0.25) is 4.79 Å². The number of halogens is 5. The Bertz CT molecular complexity index is 473. The Kier molecular flexibility index (Phi) is 4.97. The van der Waals surface area contributed by atoms with Crippen molar-refractivity contribution >= 4 is 15.7 Å².